The summed E-state index contributed by atoms with van der Waals surface area (Å²) in [5, 5.41) is 0. The molecule has 5 heteroatoms. The Kier molecular flexibility index (Phi) is 7.18. The minimum atomic E-state index is 0.0884. The van der Waals surface area contributed by atoms with Gasteiger partial charge in [0.05, 0.1) is 32.7 Å². The van der Waals surface area contributed by atoms with Gasteiger partial charge in [0.2, 0.25) is 5.91 Å². The molecule has 1 N–H and O–H groups in total. The topological polar surface area (TPSA) is 41.8 Å². The predicted octanol–water partition coefficient (Wildman–Crippen LogP) is 2.77. The van der Waals surface area contributed by atoms with Crippen LogP contribution >= 0.6 is 11.3 Å². The normalized spacial score (nSPS) is 15.3. The molecule has 3 rings (SSSR count). The first kappa shape index (κ1) is 20.5. The fourth-order valence-electron chi connectivity index (χ4n) is 3.62. The second-order valence-corrected chi connectivity index (χ2v) is 8.86. The molecule has 0 unspecified atom stereocenters. The molecule has 0 spiro atoms. The highest BCUT2D eigenvalue weighted by atomic mass is 32.1. The van der Waals surface area contributed by atoms with Crippen LogP contribution in [0, 0.1) is 13.8 Å². The number of piperazine rings is 1. The molecular weight excluding hydrogens is 368 g/mol. The maximum absolute atomic E-state index is 12.5. The number of benzene rings is 1. The van der Waals surface area contributed by atoms with E-state index >= 15 is 0 Å². The van der Waals surface area contributed by atoms with Gasteiger partial charge in [0.25, 0.3) is 0 Å². The Morgan fingerprint density at radius 1 is 1.11 bits per heavy atom. The number of nitrogens with zero attached hydrogens (tertiary/aromatic N) is 1. The van der Waals surface area contributed by atoms with Crippen LogP contribution in [0.25, 0.3) is 6.08 Å². The molecular formula is C23H29N2O2S+. The Morgan fingerprint density at radius 2 is 1.82 bits per heavy atom. The van der Waals surface area contributed by atoms with E-state index in [1.54, 1.807) is 11.3 Å². The molecule has 1 aromatic carbocycles. The number of hydrogen-bond donors (Lipinski definition) is 1. The van der Waals surface area contributed by atoms with Gasteiger partial charge < -0.3 is 9.80 Å². The van der Waals surface area contributed by atoms with E-state index in [-0.39, 0.29) is 11.7 Å². The fraction of sp³-hybridized carbons (Fsp3) is 0.391. The van der Waals surface area contributed by atoms with E-state index in [4.69, 9.17) is 0 Å². The van der Waals surface area contributed by atoms with E-state index < -0.39 is 0 Å². The first-order valence-electron chi connectivity index (χ1n) is 9.96. The SMILES string of the molecule is Cc1cc(C(=O)CCC(=O)N2CC[NH+](C/C=C/c3ccccc3)CC2)c(C)s1. The standard InChI is InChI=1S/C23H28N2O2S/c1-18-17-21(19(2)28-18)22(26)10-11-23(27)25-15-13-24(14-16-25)12-6-9-20-7-4-3-5-8-20/h3-9,17H,10-16H2,1-2H3/p+1/b9-6+. The Morgan fingerprint density at radius 3 is 2.46 bits per heavy atom. The molecule has 2 aromatic rings. The monoisotopic (exact) mass is 397 g/mol. The van der Waals surface area contributed by atoms with Crippen LogP contribution in [-0.4, -0.2) is 49.3 Å². The van der Waals surface area contributed by atoms with E-state index in [2.05, 4.69) is 24.3 Å². The number of thiophene rings is 1. The molecule has 1 aromatic heterocycles. The number of carbonyl (C=O) groups is 2. The summed E-state index contributed by atoms with van der Waals surface area (Å²) in [5.74, 6) is 0.197. The van der Waals surface area contributed by atoms with Crippen molar-refractivity contribution < 1.29 is 14.5 Å². The third-order valence-corrected chi connectivity index (χ3v) is 6.21. The van der Waals surface area contributed by atoms with Gasteiger partial charge in [0.1, 0.15) is 0 Å². The molecule has 2 heterocycles. The second kappa shape index (κ2) is 9.80. The molecule has 1 amide bonds. The van der Waals surface area contributed by atoms with E-state index in [1.807, 2.05) is 43.0 Å². The van der Waals surface area contributed by atoms with Gasteiger partial charge in [0, 0.05) is 28.2 Å². The average Bonchev–Trinajstić information content (AvgIpc) is 3.05. The Bertz CT molecular complexity index is 834. The highest BCUT2D eigenvalue weighted by Gasteiger charge is 2.23. The van der Waals surface area contributed by atoms with Gasteiger partial charge in [-0.25, -0.2) is 0 Å². The number of aryl methyl sites for hydroxylation is 2. The van der Waals surface area contributed by atoms with Gasteiger partial charge in [0.15, 0.2) is 5.78 Å². The Balaban J connectivity index is 1.39. The molecule has 0 saturated carbocycles. The van der Waals surface area contributed by atoms with Crippen molar-refractivity contribution in [2.75, 3.05) is 32.7 Å². The van der Waals surface area contributed by atoms with Crippen LogP contribution in [0.4, 0.5) is 0 Å². The largest absolute Gasteiger partial charge is 0.331 e. The van der Waals surface area contributed by atoms with Crippen molar-refractivity contribution in [2.45, 2.75) is 26.7 Å². The molecule has 1 saturated heterocycles. The molecule has 0 radical (unpaired) electrons. The number of quaternary nitrogens is 1. The van der Waals surface area contributed by atoms with Gasteiger partial charge in [-0.05, 0) is 31.6 Å². The van der Waals surface area contributed by atoms with Crippen LogP contribution < -0.4 is 4.90 Å². The van der Waals surface area contributed by atoms with Crippen LogP contribution in [0.2, 0.25) is 0 Å². The maximum atomic E-state index is 12.5. The number of carbonyl (C=O) groups excluding carboxylic acids is 2. The summed E-state index contributed by atoms with van der Waals surface area (Å²) in [5.41, 5.74) is 2.01. The maximum Gasteiger partial charge on any atom is 0.223 e. The molecule has 0 aliphatic carbocycles. The summed E-state index contributed by atoms with van der Waals surface area (Å²) in [6.07, 6.45) is 5.00. The number of nitrogens with one attached hydrogen (secondary N) is 1. The van der Waals surface area contributed by atoms with Crippen molar-refractivity contribution in [3.05, 3.63) is 63.4 Å². The zero-order valence-corrected chi connectivity index (χ0v) is 17.6. The lowest BCUT2D eigenvalue weighted by molar-refractivity contribution is -0.898. The third-order valence-electron chi connectivity index (χ3n) is 5.25. The van der Waals surface area contributed by atoms with Crippen LogP contribution in [0.1, 0.15) is 38.5 Å². The summed E-state index contributed by atoms with van der Waals surface area (Å²) < 4.78 is 0. The van der Waals surface area contributed by atoms with Crippen molar-refractivity contribution in [2.24, 2.45) is 0 Å². The Hall–Kier alpha value is -2.24. The number of rotatable bonds is 7. The van der Waals surface area contributed by atoms with Crippen LogP contribution in [0.5, 0.6) is 0 Å². The lowest BCUT2D eigenvalue weighted by atomic mass is 10.1. The summed E-state index contributed by atoms with van der Waals surface area (Å²) in [7, 11) is 0. The van der Waals surface area contributed by atoms with Crippen LogP contribution in [0.15, 0.2) is 42.5 Å². The molecule has 4 nitrogen and oxygen atoms in total. The van der Waals surface area contributed by atoms with E-state index in [0.29, 0.717) is 12.8 Å². The lowest BCUT2D eigenvalue weighted by Crippen LogP contribution is -3.14. The van der Waals surface area contributed by atoms with Crippen LogP contribution in [0.3, 0.4) is 0 Å². The molecule has 0 atom stereocenters. The number of amides is 1. The smallest absolute Gasteiger partial charge is 0.223 e. The Labute approximate surface area is 171 Å². The van der Waals surface area contributed by atoms with Gasteiger partial charge in [-0.2, -0.15) is 0 Å². The third kappa shape index (κ3) is 5.63. The van der Waals surface area contributed by atoms with Gasteiger partial charge in [-0.3, -0.25) is 9.59 Å². The average molecular weight is 398 g/mol. The highest BCUT2D eigenvalue weighted by Crippen LogP contribution is 2.22. The quantitative estimate of drug-likeness (QED) is 0.730. The zero-order valence-electron chi connectivity index (χ0n) is 16.7. The van der Waals surface area contributed by atoms with Crippen molar-refractivity contribution >= 4 is 29.1 Å². The van der Waals surface area contributed by atoms with Gasteiger partial charge >= 0.3 is 0 Å². The predicted molar refractivity (Wildman–Crippen MR) is 115 cm³/mol. The summed E-state index contributed by atoms with van der Waals surface area (Å²) in [4.78, 5) is 30.5. The molecule has 148 valence electrons. The minimum Gasteiger partial charge on any atom is -0.331 e. The molecule has 0 bridgehead atoms. The number of hydrogen-bond acceptors (Lipinski definition) is 3. The highest BCUT2D eigenvalue weighted by molar-refractivity contribution is 7.12. The first-order chi connectivity index (χ1) is 13.5. The molecule has 28 heavy (non-hydrogen) atoms. The summed E-state index contributed by atoms with van der Waals surface area (Å²) in [6.45, 7) is 8.43. The summed E-state index contributed by atoms with van der Waals surface area (Å²) >= 11 is 1.64. The van der Waals surface area contributed by atoms with Gasteiger partial charge in [-0.1, -0.05) is 36.4 Å². The fourth-order valence-corrected chi connectivity index (χ4v) is 4.57. The van der Waals surface area contributed by atoms with E-state index in [9.17, 15) is 9.59 Å². The zero-order chi connectivity index (χ0) is 19.9. The van der Waals surface area contributed by atoms with Crippen molar-refractivity contribution in [3.63, 3.8) is 0 Å². The second-order valence-electron chi connectivity index (χ2n) is 7.40. The number of Topliss-reactive ketones (excluding diaryl/α,β-unsaturated/α-hetero) is 1. The minimum absolute atomic E-state index is 0.0884. The lowest BCUT2D eigenvalue weighted by Gasteiger charge is -2.31. The number of ketones is 1. The van der Waals surface area contributed by atoms with Gasteiger partial charge in [-0.15, -0.1) is 11.3 Å². The molecule has 1 aliphatic rings. The molecule has 1 aliphatic heterocycles. The molecule has 1 fully saturated rings. The first-order valence-corrected chi connectivity index (χ1v) is 10.8. The van der Waals surface area contributed by atoms with Crippen LogP contribution in [-0.2, 0) is 4.79 Å². The summed E-state index contributed by atoms with van der Waals surface area (Å²) in [6, 6.07) is 12.3. The van der Waals surface area contributed by atoms with Crippen molar-refractivity contribution in [1.29, 1.82) is 0 Å². The van der Waals surface area contributed by atoms with E-state index in [1.165, 1.54) is 10.5 Å². The van der Waals surface area contributed by atoms with Crippen molar-refractivity contribution in [3.8, 4) is 0 Å². The van der Waals surface area contributed by atoms with Crippen molar-refractivity contribution in [1.82, 2.24) is 4.90 Å². The van der Waals surface area contributed by atoms with E-state index in [0.717, 1.165) is 48.0 Å².